The topological polar surface area (TPSA) is 79.2 Å². The molecule has 2 unspecified atom stereocenters. The van der Waals surface area contributed by atoms with Gasteiger partial charge < -0.3 is 10.1 Å². The summed E-state index contributed by atoms with van der Waals surface area (Å²) in [6, 6.07) is 8.90. The van der Waals surface area contributed by atoms with Crippen LogP contribution in [0, 0.1) is 17.2 Å². The Balaban J connectivity index is 2.61. The van der Waals surface area contributed by atoms with Crippen LogP contribution in [0.5, 0.6) is 0 Å². The Morgan fingerprint density at radius 2 is 2.09 bits per heavy atom. The van der Waals surface area contributed by atoms with Crippen LogP contribution in [0.2, 0.25) is 5.02 Å². The van der Waals surface area contributed by atoms with Gasteiger partial charge in [-0.1, -0.05) is 30.7 Å². The number of benzene rings is 1. The molecule has 0 saturated carbocycles. The molecule has 0 radical (unpaired) electrons. The minimum Gasteiger partial charge on any atom is -0.468 e. The second-order valence-corrected chi connectivity index (χ2v) is 6.52. The van der Waals surface area contributed by atoms with Crippen molar-refractivity contribution in [1.82, 2.24) is 5.32 Å². The molecule has 0 spiro atoms. The first-order chi connectivity index (χ1) is 11.0. The molecule has 2 atom stereocenters. The molecular weight excluding hydrogens is 336 g/mol. The van der Waals surface area contributed by atoms with E-state index in [0.29, 0.717) is 26.9 Å². The maximum absolute atomic E-state index is 12.4. The van der Waals surface area contributed by atoms with Crippen LogP contribution in [-0.2, 0) is 14.3 Å². The normalized spacial score (nSPS) is 20.7. The number of allylic oxidation sites excluding steroid dienone is 1. The van der Waals surface area contributed by atoms with E-state index in [1.165, 1.54) is 18.9 Å². The molecule has 23 heavy (non-hydrogen) atoms. The van der Waals surface area contributed by atoms with Crippen LogP contribution in [-0.4, -0.2) is 24.7 Å². The molecule has 1 aliphatic heterocycles. The van der Waals surface area contributed by atoms with Gasteiger partial charge in [0.15, 0.2) is 0 Å². The number of carbonyl (C=O) groups excluding carboxylic acids is 2. The van der Waals surface area contributed by atoms with Gasteiger partial charge in [-0.25, -0.2) is 0 Å². The van der Waals surface area contributed by atoms with Crippen molar-refractivity contribution in [3.05, 3.63) is 45.5 Å². The third-order valence-electron chi connectivity index (χ3n) is 3.50. The number of nitrogens with zero attached hydrogens (tertiary/aromatic N) is 1. The van der Waals surface area contributed by atoms with E-state index >= 15 is 0 Å². The lowest BCUT2D eigenvalue weighted by molar-refractivity contribution is -0.150. The Hall–Kier alpha value is -1.97. The smallest absolute Gasteiger partial charge is 0.319 e. The van der Waals surface area contributed by atoms with E-state index < -0.39 is 23.7 Å². The minimum atomic E-state index is -1.10. The number of amides is 1. The van der Waals surface area contributed by atoms with Crippen LogP contribution in [0.25, 0.3) is 0 Å². The third-order valence-corrected chi connectivity index (χ3v) is 4.65. The van der Waals surface area contributed by atoms with Crippen molar-refractivity contribution in [3.8, 4) is 6.07 Å². The highest BCUT2D eigenvalue weighted by Gasteiger charge is 2.44. The van der Waals surface area contributed by atoms with Crippen LogP contribution in [0.15, 0.2) is 34.9 Å². The number of nitrogens with one attached hydrogen (secondary N) is 1. The highest BCUT2D eigenvalue weighted by atomic mass is 35.5. The van der Waals surface area contributed by atoms with E-state index in [9.17, 15) is 14.9 Å². The number of hydrogen-bond donors (Lipinski definition) is 1. The zero-order valence-electron chi connectivity index (χ0n) is 12.6. The molecule has 1 amide bonds. The summed E-state index contributed by atoms with van der Waals surface area (Å²) in [5.74, 6) is -2.23. The van der Waals surface area contributed by atoms with Gasteiger partial charge in [-0.2, -0.15) is 5.26 Å². The number of thioether (sulfide) groups is 1. The first-order valence-electron chi connectivity index (χ1n) is 6.94. The van der Waals surface area contributed by atoms with Crippen molar-refractivity contribution in [2.45, 2.75) is 12.8 Å². The summed E-state index contributed by atoms with van der Waals surface area (Å²) in [7, 11) is 1.22. The molecule has 7 heteroatoms. The number of methoxy groups -OCH3 is 1. The molecule has 1 aromatic carbocycles. The lowest BCUT2D eigenvalue weighted by atomic mass is 9.78. The SMILES string of the molecule is CCSC1=C(C#N)C(c2ccc(Cl)cc2)C(C(=O)OC)C(=O)N1. The third kappa shape index (κ3) is 3.52. The lowest BCUT2D eigenvalue weighted by Gasteiger charge is -2.30. The fourth-order valence-electron chi connectivity index (χ4n) is 2.49. The number of nitriles is 1. The van der Waals surface area contributed by atoms with Gasteiger partial charge in [-0.15, -0.1) is 11.8 Å². The first kappa shape index (κ1) is 17.4. The summed E-state index contributed by atoms with van der Waals surface area (Å²) in [6.07, 6.45) is 0. The summed E-state index contributed by atoms with van der Waals surface area (Å²) < 4.78 is 4.76. The van der Waals surface area contributed by atoms with E-state index in [2.05, 4.69) is 11.4 Å². The van der Waals surface area contributed by atoms with Gasteiger partial charge in [-0.05, 0) is 23.4 Å². The Morgan fingerprint density at radius 3 is 2.61 bits per heavy atom. The summed E-state index contributed by atoms with van der Waals surface area (Å²) in [5, 5.41) is 13.3. The molecule has 1 aromatic rings. The van der Waals surface area contributed by atoms with E-state index in [4.69, 9.17) is 16.3 Å². The molecule has 1 heterocycles. The number of halogens is 1. The van der Waals surface area contributed by atoms with E-state index in [1.54, 1.807) is 24.3 Å². The summed E-state index contributed by atoms with van der Waals surface area (Å²) in [5.41, 5.74) is 1.03. The van der Waals surface area contributed by atoms with Crippen LogP contribution in [0.3, 0.4) is 0 Å². The predicted octanol–water partition coefficient (Wildman–Crippen LogP) is 2.83. The van der Waals surface area contributed by atoms with Crippen molar-refractivity contribution in [2.75, 3.05) is 12.9 Å². The molecule has 5 nitrogen and oxygen atoms in total. The molecule has 0 aliphatic carbocycles. The van der Waals surface area contributed by atoms with Crippen molar-refractivity contribution in [1.29, 1.82) is 5.26 Å². The molecule has 0 bridgehead atoms. The Bertz CT molecular complexity index is 694. The van der Waals surface area contributed by atoms with Crippen LogP contribution < -0.4 is 5.32 Å². The molecule has 0 aromatic heterocycles. The number of esters is 1. The van der Waals surface area contributed by atoms with Gasteiger partial charge in [-0.3, -0.25) is 9.59 Å². The minimum absolute atomic E-state index is 0.356. The van der Waals surface area contributed by atoms with Crippen molar-refractivity contribution < 1.29 is 14.3 Å². The quantitative estimate of drug-likeness (QED) is 0.667. The van der Waals surface area contributed by atoms with Gasteiger partial charge in [0.05, 0.1) is 23.8 Å². The number of ether oxygens (including phenoxy) is 1. The Kier molecular flexibility index (Phi) is 5.69. The van der Waals surface area contributed by atoms with Crippen LogP contribution in [0.1, 0.15) is 18.4 Å². The lowest BCUT2D eigenvalue weighted by Crippen LogP contribution is -2.44. The Labute approximate surface area is 143 Å². The second-order valence-electron chi connectivity index (χ2n) is 4.81. The molecular formula is C16H15ClN2O3S. The number of carbonyl (C=O) groups is 2. The molecule has 1 aliphatic rings. The fraction of sp³-hybridized carbons (Fsp3) is 0.312. The first-order valence-corrected chi connectivity index (χ1v) is 8.31. The zero-order chi connectivity index (χ0) is 17.0. The van der Waals surface area contributed by atoms with Crippen molar-refractivity contribution >= 4 is 35.2 Å². The maximum Gasteiger partial charge on any atom is 0.319 e. The average molecular weight is 351 g/mol. The molecule has 0 fully saturated rings. The van der Waals surface area contributed by atoms with Crippen molar-refractivity contribution in [3.63, 3.8) is 0 Å². The molecule has 2 rings (SSSR count). The van der Waals surface area contributed by atoms with Crippen molar-refractivity contribution in [2.24, 2.45) is 5.92 Å². The summed E-state index contributed by atoms with van der Waals surface area (Å²) in [4.78, 5) is 24.5. The largest absolute Gasteiger partial charge is 0.468 e. The van der Waals surface area contributed by atoms with Crippen LogP contribution in [0.4, 0.5) is 0 Å². The van der Waals surface area contributed by atoms with Gasteiger partial charge >= 0.3 is 5.97 Å². The van der Waals surface area contributed by atoms with Gasteiger partial charge in [0.2, 0.25) is 5.91 Å². The Morgan fingerprint density at radius 1 is 1.43 bits per heavy atom. The van der Waals surface area contributed by atoms with E-state index in [-0.39, 0.29) is 0 Å². The molecule has 1 N–H and O–H groups in total. The molecule has 0 saturated heterocycles. The van der Waals surface area contributed by atoms with Gasteiger partial charge in [0.25, 0.3) is 0 Å². The standard InChI is InChI=1S/C16H15ClN2O3S/c1-3-23-15-11(8-18)12(9-4-6-10(17)7-5-9)13(14(20)19-15)16(21)22-2/h4-7,12-13H,3H2,1-2H3,(H,19,20). The highest BCUT2D eigenvalue weighted by molar-refractivity contribution is 8.03. The van der Waals surface area contributed by atoms with Gasteiger partial charge in [0.1, 0.15) is 5.92 Å². The highest BCUT2D eigenvalue weighted by Crippen LogP contribution is 2.40. The summed E-state index contributed by atoms with van der Waals surface area (Å²) >= 11 is 7.26. The monoisotopic (exact) mass is 350 g/mol. The van der Waals surface area contributed by atoms with E-state index in [0.717, 1.165) is 0 Å². The zero-order valence-corrected chi connectivity index (χ0v) is 14.2. The second kappa shape index (κ2) is 7.53. The van der Waals surface area contributed by atoms with Gasteiger partial charge in [0, 0.05) is 10.9 Å². The predicted molar refractivity (Wildman–Crippen MR) is 88.6 cm³/mol. The van der Waals surface area contributed by atoms with E-state index in [1.807, 2.05) is 6.92 Å². The molecule has 120 valence electrons. The average Bonchev–Trinajstić information content (AvgIpc) is 2.54. The number of rotatable bonds is 4. The van der Waals surface area contributed by atoms with Crippen LogP contribution >= 0.6 is 23.4 Å². The summed E-state index contributed by atoms with van der Waals surface area (Å²) in [6.45, 7) is 1.92. The maximum atomic E-state index is 12.4. The number of hydrogen-bond acceptors (Lipinski definition) is 5. The fourth-order valence-corrected chi connectivity index (χ4v) is 3.41.